The van der Waals surface area contributed by atoms with Gasteiger partial charge in [-0.05, 0) is 55.3 Å². The van der Waals surface area contributed by atoms with Gasteiger partial charge in [-0.2, -0.15) is 0 Å². The Hall–Kier alpha value is -1.72. The Kier molecular flexibility index (Phi) is 3.92. The minimum Gasteiger partial charge on any atom is -0.506 e. The quantitative estimate of drug-likeness (QED) is 0.853. The lowest BCUT2D eigenvalue weighted by Gasteiger charge is -2.10. The number of phenolic OH excluding ortho intramolecular Hbond substituents is 1. The Morgan fingerprint density at radius 1 is 1.05 bits per heavy atom. The van der Waals surface area contributed by atoms with Gasteiger partial charge in [-0.25, -0.2) is 8.42 Å². The summed E-state index contributed by atoms with van der Waals surface area (Å²) >= 11 is 5.75. The van der Waals surface area contributed by atoms with Gasteiger partial charge in [0.2, 0.25) is 0 Å². The molecule has 0 bridgehead atoms. The third kappa shape index (κ3) is 3.05. The molecule has 2 rings (SSSR count). The van der Waals surface area contributed by atoms with Gasteiger partial charge in [0.05, 0.1) is 15.6 Å². The number of sulfonamides is 1. The van der Waals surface area contributed by atoms with Crippen molar-refractivity contribution in [2.75, 3.05) is 4.72 Å². The number of benzene rings is 2. The Balaban J connectivity index is 2.35. The predicted molar refractivity (Wildman–Crippen MR) is 79.8 cm³/mol. The van der Waals surface area contributed by atoms with Crippen LogP contribution >= 0.6 is 11.6 Å². The molecule has 6 heteroatoms. The highest BCUT2D eigenvalue weighted by molar-refractivity contribution is 7.92. The van der Waals surface area contributed by atoms with E-state index in [0.717, 1.165) is 11.1 Å². The van der Waals surface area contributed by atoms with Crippen molar-refractivity contribution in [2.24, 2.45) is 0 Å². The third-order valence-corrected chi connectivity index (χ3v) is 4.67. The van der Waals surface area contributed by atoms with Crippen LogP contribution in [-0.2, 0) is 10.0 Å². The molecule has 0 radical (unpaired) electrons. The molecule has 0 atom stereocenters. The summed E-state index contributed by atoms with van der Waals surface area (Å²) in [5.41, 5.74) is 2.22. The largest absolute Gasteiger partial charge is 0.506 e. The highest BCUT2D eigenvalue weighted by Crippen LogP contribution is 2.27. The van der Waals surface area contributed by atoms with Crippen LogP contribution in [0.15, 0.2) is 41.3 Å². The Labute approximate surface area is 123 Å². The van der Waals surface area contributed by atoms with Crippen LogP contribution in [0.4, 0.5) is 5.69 Å². The minimum atomic E-state index is -3.67. The fraction of sp³-hybridized carbons (Fsp3) is 0.143. The number of rotatable bonds is 3. The van der Waals surface area contributed by atoms with Gasteiger partial charge < -0.3 is 5.11 Å². The smallest absolute Gasteiger partial charge is 0.261 e. The molecule has 0 amide bonds. The molecule has 0 aliphatic rings. The minimum absolute atomic E-state index is 0.0882. The maximum Gasteiger partial charge on any atom is 0.261 e. The summed E-state index contributed by atoms with van der Waals surface area (Å²) in [5.74, 6) is -0.0965. The summed E-state index contributed by atoms with van der Waals surface area (Å²) < 4.78 is 26.9. The first-order valence-corrected chi connectivity index (χ1v) is 7.74. The molecule has 0 saturated heterocycles. The third-order valence-electron chi connectivity index (χ3n) is 2.99. The number of aromatic hydroxyl groups is 1. The van der Waals surface area contributed by atoms with E-state index in [1.54, 1.807) is 18.2 Å². The van der Waals surface area contributed by atoms with Gasteiger partial charge in [-0.15, -0.1) is 0 Å². The lowest BCUT2D eigenvalue weighted by Crippen LogP contribution is -2.13. The number of hydrogen-bond acceptors (Lipinski definition) is 3. The van der Waals surface area contributed by atoms with E-state index in [2.05, 4.69) is 4.72 Å². The van der Waals surface area contributed by atoms with Crippen molar-refractivity contribution < 1.29 is 13.5 Å². The van der Waals surface area contributed by atoms with Gasteiger partial charge in [0, 0.05) is 0 Å². The monoisotopic (exact) mass is 311 g/mol. The average molecular weight is 312 g/mol. The Morgan fingerprint density at radius 3 is 2.35 bits per heavy atom. The van der Waals surface area contributed by atoms with E-state index in [1.807, 2.05) is 13.8 Å². The molecule has 4 nitrogen and oxygen atoms in total. The number of halogens is 1. The average Bonchev–Trinajstić information content (AvgIpc) is 2.37. The van der Waals surface area contributed by atoms with Crippen LogP contribution in [0, 0.1) is 13.8 Å². The van der Waals surface area contributed by atoms with Crippen LogP contribution in [0.25, 0.3) is 0 Å². The van der Waals surface area contributed by atoms with Crippen LogP contribution in [0.5, 0.6) is 5.75 Å². The second-order valence-corrected chi connectivity index (χ2v) is 6.61. The SMILES string of the molecule is Cc1ccc(S(=O)(=O)Nc2ccc(O)c(Cl)c2)cc1C. The normalized spacial score (nSPS) is 11.3. The number of nitrogens with one attached hydrogen (secondary N) is 1. The zero-order valence-electron chi connectivity index (χ0n) is 11.0. The number of aryl methyl sites for hydroxylation is 2. The van der Waals surface area contributed by atoms with Crippen LogP contribution in [-0.4, -0.2) is 13.5 Å². The maximum atomic E-state index is 12.2. The van der Waals surface area contributed by atoms with E-state index in [-0.39, 0.29) is 15.7 Å². The van der Waals surface area contributed by atoms with Crippen LogP contribution in [0.2, 0.25) is 5.02 Å². The van der Waals surface area contributed by atoms with Crippen molar-refractivity contribution in [3.8, 4) is 5.75 Å². The number of hydrogen-bond donors (Lipinski definition) is 2. The molecule has 0 aliphatic heterocycles. The lowest BCUT2D eigenvalue weighted by atomic mass is 10.1. The first-order chi connectivity index (χ1) is 9.29. The zero-order chi connectivity index (χ0) is 14.9. The maximum absolute atomic E-state index is 12.2. The number of phenols is 1. The molecular weight excluding hydrogens is 298 g/mol. The Morgan fingerprint density at radius 2 is 1.75 bits per heavy atom. The fourth-order valence-electron chi connectivity index (χ4n) is 1.67. The molecule has 0 heterocycles. The summed E-state index contributed by atoms with van der Waals surface area (Å²) in [6, 6.07) is 9.05. The van der Waals surface area contributed by atoms with E-state index < -0.39 is 10.0 Å². The molecule has 0 aromatic heterocycles. The highest BCUT2D eigenvalue weighted by Gasteiger charge is 2.15. The molecule has 0 unspecified atom stereocenters. The summed E-state index contributed by atoms with van der Waals surface area (Å²) in [7, 11) is -3.67. The van der Waals surface area contributed by atoms with Crippen molar-refractivity contribution in [1.29, 1.82) is 0 Å². The molecule has 0 fully saturated rings. The van der Waals surface area contributed by atoms with E-state index in [1.165, 1.54) is 18.2 Å². The van der Waals surface area contributed by atoms with Gasteiger partial charge in [0.25, 0.3) is 10.0 Å². The second-order valence-electron chi connectivity index (χ2n) is 4.52. The second kappa shape index (κ2) is 5.34. The fourth-order valence-corrected chi connectivity index (χ4v) is 2.98. The molecule has 2 aromatic carbocycles. The molecule has 2 N–H and O–H groups in total. The number of anilines is 1. The zero-order valence-corrected chi connectivity index (χ0v) is 12.6. The molecule has 0 aliphatic carbocycles. The van der Waals surface area contributed by atoms with Crippen molar-refractivity contribution in [2.45, 2.75) is 18.7 Å². The van der Waals surface area contributed by atoms with Gasteiger partial charge in [0.15, 0.2) is 0 Å². The molecule has 106 valence electrons. The van der Waals surface area contributed by atoms with Crippen molar-refractivity contribution in [3.05, 3.63) is 52.5 Å². The summed E-state index contributed by atoms with van der Waals surface area (Å²) in [6.07, 6.45) is 0. The van der Waals surface area contributed by atoms with E-state index in [9.17, 15) is 13.5 Å². The van der Waals surface area contributed by atoms with Gasteiger partial charge >= 0.3 is 0 Å². The molecule has 0 saturated carbocycles. The first-order valence-electron chi connectivity index (χ1n) is 5.88. The predicted octanol–water partition coefficient (Wildman–Crippen LogP) is 3.46. The van der Waals surface area contributed by atoms with Gasteiger partial charge in [0.1, 0.15) is 5.75 Å². The highest BCUT2D eigenvalue weighted by atomic mass is 35.5. The summed E-state index contributed by atoms with van der Waals surface area (Å²) in [6.45, 7) is 3.77. The van der Waals surface area contributed by atoms with Gasteiger partial charge in [-0.1, -0.05) is 17.7 Å². The molecule has 20 heavy (non-hydrogen) atoms. The molecular formula is C14H14ClNO3S. The van der Waals surface area contributed by atoms with Gasteiger partial charge in [-0.3, -0.25) is 4.72 Å². The van der Waals surface area contributed by atoms with E-state index in [4.69, 9.17) is 11.6 Å². The Bertz CT molecular complexity index is 757. The van der Waals surface area contributed by atoms with E-state index in [0.29, 0.717) is 5.69 Å². The van der Waals surface area contributed by atoms with Crippen LogP contribution < -0.4 is 4.72 Å². The van der Waals surface area contributed by atoms with Crippen molar-refractivity contribution in [1.82, 2.24) is 0 Å². The van der Waals surface area contributed by atoms with Crippen molar-refractivity contribution in [3.63, 3.8) is 0 Å². The summed E-state index contributed by atoms with van der Waals surface area (Å²) in [5, 5.41) is 9.41. The standard InChI is InChI=1S/C14H14ClNO3S/c1-9-3-5-12(7-10(9)2)20(18,19)16-11-4-6-14(17)13(15)8-11/h3-8,16-17H,1-2H3. The van der Waals surface area contributed by atoms with E-state index >= 15 is 0 Å². The van der Waals surface area contributed by atoms with Crippen LogP contribution in [0.3, 0.4) is 0 Å². The lowest BCUT2D eigenvalue weighted by molar-refractivity contribution is 0.475. The molecule has 2 aromatic rings. The first kappa shape index (κ1) is 14.7. The topological polar surface area (TPSA) is 66.4 Å². The van der Waals surface area contributed by atoms with Crippen molar-refractivity contribution >= 4 is 27.3 Å². The molecule has 0 spiro atoms. The van der Waals surface area contributed by atoms with Crippen LogP contribution in [0.1, 0.15) is 11.1 Å². The summed E-state index contributed by atoms with van der Waals surface area (Å²) in [4.78, 5) is 0.185.